The van der Waals surface area contributed by atoms with Crippen LogP contribution in [0.15, 0.2) is 29.6 Å². The summed E-state index contributed by atoms with van der Waals surface area (Å²) >= 11 is 1.45. The van der Waals surface area contributed by atoms with Crippen LogP contribution in [0.25, 0.3) is 0 Å². The van der Waals surface area contributed by atoms with Gasteiger partial charge in [0.2, 0.25) is 0 Å². The van der Waals surface area contributed by atoms with Gasteiger partial charge in [0.25, 0.3) is 5.91 Å². The van der Waals surface area contributed by atoms with E-state index in [0.717, 1.165) is 28.1 Å². The Bertz CT molecular complexity index is 707. The molecule has 0 radical (unpaired) electrons. The highest BCUT2D eigenvalue weighted by Crippen LogP contribution is 2.23. The molecule has 0 aliphatic rings. The quantitative estimate of drug-likeness (QED) is 0.855. The lowest BCUT2D eigenvalue weighted by atomic mass is 10.1. The normalized spacial score (nSPS) is 9.86. The molecule has 0 fully saturated rings. The van der Waals surface area contributed by atoms with Crippen LogP contribution in [0.4, 0.5) is 5.69 Å². The van der Waals surface area contributed by atoms with Gasteiger partial charge in [-0.1, -0.05) is 37.0 Å². The van der Waals surface area contributed by atoms with Gasteiger partial charge >= 0.3 is 0 Å². The minimum Gasteiger partial charge on any atom is -0.321 e. The zero-order chi connectivity index (χ0) is 15.2. The third kappa shape index (κ3) is 3.72. The lowest BCUT2D eigenvalue weighted by Crippen LogP contribution is -2.13. The molecule has 4 heteroatoms. The van der Waals surface area contributed by atoms with Crippen LogP contribution in [0.2, 0.25) is 0 Å². The number of nitrogens with one attached hydrogen (secondary N) is 1. The van der Waals surface area contributed by atoms with Crippen LogP contribution >= 0.6 is 11.3 Å². The molecular formula is C17H18N2OS. The Kier molecular flexibility index (Phi) is 5.15. The van der Waals surface area contributed by atoms with Crippen molar-refractivity contribution in [2.45, 2.75) is 20.3 Å². The molecule has 21 heavy (non-hydrogen) atoms. The third-order valence-corrected chi connectivity index (χ3v) is 4.00. The number of carbonyl (C=O) groups is 1. The van der Waals surface area contributed by atoms with Crippen molar-refractivity contribution in [1.82, 2.24) is 0 Å². The van der Waals surface area contributed by atoms with Crippen molar-refractivity contribution in [2.75, 3.05) is 11.9 Å². The molecule has 0 aliphatic carbocycles. The average Bonchev–Trinajstić information content (AvgIpc) is 2.96. The molecule has 0 saturated heterocycles. The fraction of sp³-hybridized carbons (Fsp3) is 0.235. The number of carbonyl (C=O) groups excluding carboxylic acids is 1. The molecule has 0 atom stereocenters. The minimum absolute atomic E-state index is 0.101. The van der Waals surface area contributed by atoms with Crippen molar-refractivity contribution in [1.29, 1.82) is 0 Å². The van der Waals surface area contributed by atoms with E-state index < -0.39 is 0 Å². The molecular weight excluding hydrogens is 280 g/mol. The van der Waals surface area contributed by atoms with E-state index in [0.29, 0.717) is 12.1 Å². The molecule has 0 saturated carbocycles. The lowest BCUT2D eigenvalue weighted by molar-refractivity contribution is 0.102. The van der Waals surface area contributed by atoms with Gasteiger partial charge in [0.05, 0.1) is 17.0 Å². The van der Waals surface area contributed by atoms with Gasteiger partial charge in [-0.05, 0) is 30.5 Å². The molecule has 108 valence electrons. The summed E-state index contributed by atoms with van der Waals surface area (Å²) in [7, 11) is 0. The first-order valence-corrected chi connectivity index (χ1v) is 7.71. The Balaban J connectivity index is 2.20. The molecule has 3 N–H and O–H groups in total. The van der Waals surface area contributed by atoms with Gasteiger partial charge in [0.15, 0.2) is 0 Å². The molecule has 2 aromatic rings. The van der Waals surface area contributed by atoms with Gasteiger partial charge in [-0.25, -0.2) is 0 Å². The van der Waals surface area contributed by atoms with Crippen LogP contribution in [0, 0.1) is 18.8 Å². The number of aryl methyl sites for hydroxylation is 2. The highest BCUT2D eigenvalue weighted by atomic mass is 32.1. The summed E-state index contributed by atoms with van der Waals surface area (Å²) in [4.78, 5) is 13.2. The highest BCUT2D eigenvalue weighted by Gasteiger charge is 2.12. The van der Waals surface area contributed by atoms with Crippen molar-refractivity contribution in [3.05, 3.63) is 51.2 Å². The standard InChI is InChI=1S/C17H18N2OS/c1-3-13-7-4-6-12(2)16(13)19-17(20)14-10-15(21-11-14)8-5-9-18/h4,6-7,10-11H,3,9,18H2,1-2H3,(H,19,20). The smallest absolute Gasteiger partial charge is 0.256 e. The first kappa shape index (κ1) is 15.3. The molecule has 0 bridgehead atoms. The summed E-state index contributed by atoms with van der Waals surface area (Å²) in [5, 5.41) is 4.83. The number of thiophene rings is 1. The molecule has 0 spiro atoms. The summed E-state index contributed by atoms with van der Waals surface area (Å²) in [5.41, 5.74) is 9.10. The summed E-state index contributed by atoms with van der Waals surface area (Å²) < 4.78 is 0. The summed E-state index contributed by atoms with van der Waals surface area (Å²) in [6.07, 6.45) is 0.883. The number of nitrogens with two attached hydrogens (primary N) is 1. The maximum absolute atomic E-state index is 12.3. The third-order valence-electron chi connectivity index (χ3n) is 3.15. The Morgan fingerprint density at radius 2 is 2.24 bits per heavy atom. The van der Waals surface area contributed by atoms with Crippen molar-refractivity contribution < 1.29 is 4.79 Å². The summed E-state index contributed by atoms with van der Waals surface area (Å²) in [6, 6.07) is 7.84. The van der Waals surface area contributed by atoms with Gasteiger partial charge in [-0.2, -0.15) is 0 Å². The first-order chi connectivity index (χ1) is 10.2. The molecule has 1 aromatic heterocycles. The van der Waals surface area contributed by atoms with E-state index in [2.05, 4.69) is 24.1 Å². The maximum Gasteiger partial charge on any atom is 0.256 e. The second kappa shape index (κ2) is 7.07. The molecule has 0 unspecified atom stereocenters. The van der Waals surface area contributed by atoms with Crippen molar-refractivity contribution in [3.63, 3.8) is 0 Å². The number of benzene rings is 1. The van der Waals surface area contributed by atoms with Gasteiger partial charge in [-0.3, -0.25) is 4.79 Å². The Labute approximate surface area is 129 Å². The van der Waals surface area contributed by atoms with Gasteiger partial charge in [-0.15, -0.1) is 11.3 Å². The van der Waals surface area contributed by atoms with Crippen molar-refractivity contribution in [2.24, 2.45) is 5.73 Å². The largest absolute Gasteiger partial charge is 0.321 e. The van der Waals surface area contributed by atoms with E-state index in [4.69, 9.17) is 5.73 Å². The molecule has 0 aliphatic heterocycles. The zero-order valence-electron chi connectivity index (χ0n) is 12.2. The van der Waals surface area contributed by atoms with Gasteiger partial charge < -0.3 is 11.1 Å². The van der Waals surface area contributed by atoms with Gasteiger partial charge in [0.1, 0.15) is 0 Å². The molecule has 3 nitrogen and oxygen atoms in total. The van der Waals surface area contributed by atoms with Crippen LogP contribution in [0.5, 0.6) is 0 Å². The molecule has 2 rings (SSSR count). The molecule has 1 aromatic carbocycles. The Morgan fingerprint density at radius 1 is 1.43 bits per heavy atom. The first-order valence-electron chi connectivity index (χ1n) is 6.83. The SMILES string of the molecule is CCc1cccc(C)c1NC(=O)c1csc(C#CCN)c1. The maximum atomic E-state index is 12.3. The lowest BCUT2D eigenvalue weighted by Gasteiger charge is -2.12. The minimum atomic E-state index is -0.101. The van der Waals surface area contributed by atoms with Crippen LogP contribution in [-0.4, -0.2) is 12.5 Å². The van der Waals surface area contributed by atoms with Crippen LogP contribution < -0.4 is 11.1 Å². The van der Waals surface area contributed by atoms with E-state index in [9.17, 15) is 4.79 Å². The predicted octanol–water partition coefficient (Wildman–Crippen LogP) is 3.18. The highest BCUT2D eigenvalue weighted by molar-refractivity contribution is 7.10. The zero-order valence-corrected chi connectivity index (χ0v) is 13.0. The van der Waals surface area contributed by atoms with Crippen LogP contribution in [0.3, 0.4) is 0 Å². The number of rotatable bonds is 3. The molecule has 1 heterocycles. The van der Waals surface area contributed by atoms with Crippen molar-refractivity contribution in [3.8, 4) is 11.8 Å². The topological polar surface area (TPSA) is 55.1 Å². The Morgan fingerprint density at radius 3 is 2.95 bits per heavy atom. The van der Waals surface area contributed by atoms with Crippen LogP contribution in [-0.2, 0) is 6.42 Å². The number of anilines is 1. The molecule has 1 amide bonds. The van der Waals surface area contributed by atoms with E-state index in [1.807, 2.05) is 30.5 Å². The second-order valence-electron chi connectivity index (χ2n) is 4.62. The van der Waals surface area contributed by atoms with E-state index in [1.165, 1.54) is 11.3 Å². The number of hydrogen-bond acceptors (Lipinski definition) is 3. The number of hydrogen-bond donors (Lipinski definition) is 2. The fourth-order valence-electron chi connectivity index (χ4n) is 2.05. The van der Waals surface area contributed by atoms with Crippen LogP contribution in [0.1, 0.15) is 33.3 Å². The van der Waals surface area contributed by atoms with Crippen molar-refractivity contribution >= 4 is 22.9 Å². The monoisotopic (exact) mass is 298 g/mol. The number of amides is 1. The second-order valence-corrected chi connectivity index (χ2v) is 5.53. The number of para-hydroxylation sites is 1. The van der Waals surface area contributed by atoms with E-state index in [1.54, 1.807) is 6.07 Å². The van der Waals surface area contributed by atoms with E-state index in [-0.39, 0.29) is 5.91 Å². The van der Waals surface area contributed by atoms with Gasteiger partial charge in [0, 0.05) is 11.1 Å². The van der Waals surface area contributed by atoms with E-state index >= 15 is 0 Å². The Hall–Kier alpha value is -2.09. The summed E-state index contributed by atoms with van der Waals surface area (Å²) in [6.45, 7) is 4.40. The average molecular weight is 298 g/mol. The fourth-order valence-corrected chi connectivity index (χ4v) is 2.80. The predicted molar refractivity (Wildman–Crippen MR) is 88.8 cm³/mol. The summed E-state index contributed by atoms with van der Waals surface area (Å²) in [5.74, 6) is 5.63.